The summed E-state index contributed by atoms with van der Waals surface area (Å²) in [4.78, 5) is 0. The van der Waals surface area contributed by atoms with Crippen LogP contribution < -0.4 is 0 Å². The molecule has 0 amide bonds. The lowest BCUT2D eigenvalue weighted by Crippen LogP contribution is -2.40. The van der Waals surface area contributed by atoms with Gasteiger partial charge in [-0.3, -0.25) is 0 Å². The van der Waals surface area contributed by atoms with Crippen LogP contribution in [-0.2, 0) is 9.47 Å². The van der Waals surface area contributed by atoms with Gasteiger partial charge in [-0.1, -0.05) is 47.0 Å². The van der Waals surface area contributed by atoms with Crippen LogP contribution in [0.4, 0.5) is 0 Å². The van der Waals surface area contributed by atoms with Crippen molar-refractivity contribution in [1.82, 2.24) is 0 Å². The Hall–Kier alpha value is -0.0800. The second-order valence-electron chi connectivity index (χ2n) is 6.12. The highest BCUT2D eigenvalue weighted by atomic mass is 16.7. The van der Waals surface area contributed by atoms with Gasteiger partial charge in [-0.2, -0.15) is 0 Å². The van der Waals surface area contributed by atoms with Crippen LogP contribution in [0.5, 0.6) is 0 Å². The first-order valence-corrected chi connectivity index (χ1v) is 7.89. The lowest BCUT2D eigenvalue weighted by atomic mass is 9.93. The van der Waals surface area contributed by atoms with Crippen LogP contribution in [0.1, 0.15) is 72.6 Å². The summed E-state index contributed by atoms with van der Waals surface area (Å²) in [6.45, 7) is 10.6. The minimum Gasteiger partial charge on any atom is -0.350 e. The minimum atomic E-state index is -0.259. The van der Waals surface area contributed by atoms with Crippen LogP contribution in [0.2, 0.25) is 0 Å². The quantitative estimate of drug-likeness (QED) is 0.582. The fourth-order valence-electron chi connectivity index (χ4n) is 2.24. The van der Waals surface area contributed by atoms with Crippen LogP contribution >= 0.6 is 0 Å². The van der Waals surface area contributed by atoms with Crippen molar-refractivity contribution >= 4 is 0 Å². The van der Waals surface area contributed by atoms with E-state index in [1.165, 1.54) is 32.1 Å². The van der Waals surface area contributed by atoms with E-state index in [1.54, 1.807) is 0 Å². The van der Waals surface area contributed by atoms with Gasteiger partial charge in [-0.25, -0.2) is 0 Å². The normalized spacial score (nSPS) is 22.7. The SMILES string of the molecule is CCC(C)COC1(OCC(C)CC)CCCCC1. The number of hydrogen-bond donors (Lipinski definition) is 0. The van der Waals surface area contributed by atoms with Gasteiger partial charge in [0.1, 0.15) is 0 Å². The Labute approximate surface area is 113 Å². The summed E-state index contributed by atoms with van der Waals surface area (Å²) in [5.41, 5.74) is 0. The Balaban J connectivity index is 2.46. The van der Waals surface area contributed by atoms with Crippen molar-refractivity contribution < 1.29 is 9.47 Å². The molecule has 0 saturated heterocycles. The molecule has 1 fully saturated rings. The average molecular weight is 256 g/mol. The largest absolute Gasteiger partial charge is 0.350 e. The summed E-state index contributed by atoms with van der Waals surface area (Å²) in [6.07, 6.45) is 8.37. The fraction of sp³-hybridized carbons (Fsp3) is 1.00. The molecule has 0 bridgehead atoms. The first-order valence-electron chi connectivity index (χ1n) is 7.89. The summed E-state index contributed by atoms with van der Waals surface area (Å²) in [7, 11) is 0. The molecular weight excluding hydrogens is 224 g/mol. The lowest BCUT2D eigenvalue weighted by Gasteiger charge is -2.38. The van der Waals surface area contributed by atoms with Gasteiger partial charge in [0.15, 0.2) is 5.79 Å². The van der Waals surface area contributed by atoms with Gasteiger partial charge < -0.3 is 9.47 Å². The van der Waals surface area contributed by atoms with Gasteiger partial charge in [0.25, 0.3) is 0 Å². The van der Waals surface area contributed by atoms with E-state index in [4.69, 9.17) is 9.47 Å². The van der Waals surface area contributed by atoms with Crippen molar-refractivity contribution in [3.63, 3.8) is 0 Å². The summed E-state index contributed by atoms with van der Waals surface area (Å²) in [6, 6.07) is 0. The fourth-order valence-corrected chi connectivity index (χ4v) is 2.24. The average Bonchev–Trinajstić information content (AvgIpc) is 2.43. The summed E-state index contributed by atoms with van der Waals surface area (Å²) < 4.78 is 12.4. The van der Waals surface area contributed by atoms with Crippen molar-refractivity contribution in [3.05, 3.63) is 0 Å². The summed E-state index contributed by atoms with van der Waals surface area (Å²) >= 11 is 0. The highest BCUT2D eigenvalue weighted by Crippen LogP contribution is 2.34. The number of ether oxygens (including phenoxy) is 2. The highest BCUT2D eigenvalue weighted by molar-refractivity contribution is 4.76. The van der Waals surface area contributed by atoms with Crippen LogP contribution in [-0.4, -0.2) is 19.0 Å². The van der Waals surface area contributed by atoms with Gasteiger partial charge >= 0.3 is 0 Å². The molecule has 0 N–H and O–H groups in total. The zero-order valence-corrected chi connectivity index (χ0v) is 12.8. The smallest absolute Gasteiger partial charge is 0.168 e. The van der Waals surface area contributed by atoms with Crippen molar-refractivity contribution in [2.75, 3.05) is 13.2 Å². The first kappa shape index (κ1) is 16.0. The molecule has 0 aromatic carbocycles. The van der Waals surface area contributed by atoms with Crippen LogP contribution in [0.25, 0.3) is 0 Å². The highest BCUT2D eigenvalue weighted by Gasteiger charge is 2.34. The van der Waals surface area contributed by atoms with Crippen molar-refractivity contribution in [2.24, 2.45) is 11.8 Å². The molecule has 0 heterocycles. The molecular formula is C16H32O2. The van der Waals surface area contributed by atoms with Crippen LogP contribution in [0.15, 0.2) is 0 Å². The third-order valence-electron chi connectivity index (χ3n) is 4.27. The zero-order chi connectivity index (χ0) is 13.4. The molecule has 0 aromatic heterocycles. The standard InChI is InChI=1S/C16H32O2/c1-5-14(3)12-17-16(10-8-7-9-11-16)18-13-15(4)6-2/h14-15H,5-13H2,1-4H3. The molecule has 0 aliphatic heterocycles. The van der Waals surface area contributed by atoms with E-state index in [0.29, 0.717) is 11.8 Å². The van der Waals surface area contributed by atoms with Crippen molar-refractivity contribution in [3.8, 4) is 0 Å². The van der Waals surface area contributed by atoms with Gasteiger partial charge in [-0.15, -0.1) is 0 Å². The first-order chi connectivity index (χ1) is 8.62. The summed E-state index contributed by atoms with van der Waals surface area (Å²) in [5.74, 6) is 1.01. The second kappa shape index (κ2) is 8.16. The second-order valence-corrected chi connectivity index (χ2v) is 6.12. The molecule has 2 unspecified atom stereocenters. The van der Waals surface area contributed by atoms with E-state index in [9.17, 15) is 0 Å². The topological polar surface area (TPSA) is 18.5 Å². The zero-order valence-electron chi connectivity index (χ0n) is 12.8. The Morgan fingerprint density at radius 1 is 0.833 bits per heavy atom. The molecule has 1 saturated carbocycles. The monoisotopic (exact) mass is 256 g/mol. The van der Waals surface area contributed by atoms with Crippen LogP contribution in [0, 0.1) is 11.8 Å². The molecule has 108 valence electrons. The molecule has 1 aliphatic carbocycles. The summed E-state index contributed by atoms with van der Waals surface area (Å²) in [5, 5.41) is 0. The molecule has 0 radical (unpaired) electrons. The van der Waals surface area contributed by atoms with Gasteiger partial charge in [0.2, 0.25) is 0 Å². The third-order valence-corrected chi connectivity index (χ3v) is 4.27. The molecule has 2 nitrogen and oxygen atoms in total. The maximum atomic E-state index is 6.20. The van der Waals surface area contributed by atoms with E-state index in [-0.39, 0.29) is 5.79 Å². The molecule has 1 rings (SSSR count). The maximum absolute atomic E-state index is 6.20. The minimum absolute atomic E-state index is 0.259. The van der Waals surface area contributed by atoms with Gasteiger partial charge in [0.05, 0.1) is 13.2 Å². The number of hydrogen-bond acceptors (Lipinski definition) is 2. The van der Waals surface area contributed by atoms with Crippen molar-refractivity contribution in [2.45, 2.75) is 78.4 Å². The van der Waals surface area contributed by atoms with Crippen molar-refractivity contribution in [1.29, 1.82) is 0 Å². The number of rotatable bonds is 8. The lowest BCUT2D eigenvalue weighted by molar-refractivity contribution is -0.261. The van der Waals surface area contributed by atoms with E-state index in [2.05, 4.69) is 27.7 Å². The molecule has 0 aromatic rings. The Morgan fingerprint density at radius 2 is 1.28 bits per heavy atom. The Kier molecular flexibility index (Phi) is 7.25. The third kappa shape index (κ3) is 5.27. The van der Waals surface area contributed by atoms with E-state index in [1.807, 2.05) is 0 Å². The molecule has 2 heteroatoms. The van der Waals surface area contributed by atoms with Gasteiger partial charge in [-0.05, 0) is 24.7 Å². The molecule has 1 aliphatic rings. The predicted octanol–water partition coefficient (Wildman–Crippen LogP) is 4.77. The van der Waals surface area contributed by atoms with E-state index in [0.717, 1.165) is 26.1 Å². The maximum Gasteiger partial charge on any atom is 0.168 e. The molecule has 18 heavy (non-hydrogen) atoms. The van der Waals surface area contributed by atoms with E-state index < -0.39 is 0 Å². The van der Waals surface area contributed by atoms with E-state index >= 15 is 0 Å². The Morgan fingerprint density at radius 3 is 1.67 bits per heavy atom. The predicted molar refractivity (Wildman–Crippen MR) is 76.6 cm³/mol. The molecule has 0 spiro atoms. The van der Waals surface area contributed by atoms with Gasteiger partial charge in [0, 0.05) is 12.8 Å². The molecule has 2 atom stereocenters. The Bertz CT molecular complexity index is 193. The van der Waals surface area contributed by atoms with Crippen LogP contribution in [0.3, 0.4) is 0 Å².